The van der Waals surface area contributed by atoms with Gasteiger partial charge in [0.15, 0.2) is 6.54 Å². The first kappa shape index (κ1) is 20.4. The highest BCUT2D eigenvalue weighted by atomic mass is 16.5. The van der Waals surface area contributed by atoms with Gasteiger partial charge in [0, 0.05) is 23.9 Å². The second-order valence-electron chi connectivity index (χ2n) is 7.16. The minimum Gasteiger partial charge on any atom is -0.497 e. The molecule has 6 heteroatoms. The number of quaternary nitrogens is 1. The van der Waals surface area contributed by atoms with Crippen LogP contribution in [0, 0.1) is 0 Å². The van der Waals surface area contributed by atoms with E-state index >= 15 is 0 Å². The molecular formula is C23H26N3O3+. The summed E-state index contributed by atoms with van der Waals surface area (Å²) in [4.78, 5) is 24.5. The molecule has 0 aliphatic heterocycles. The first-order chi connectivity index (χ1) is 13.9. The van der Waals surface area contributed by atoms with Gasteiger partial charge in [-0.05, 0) is 53.2 Å². The first-order valence-electron chi connectivity index (χ1n) is 9.48. The Hall–Kier alpha value is -3.38. The standard InChI is InChI=1S/C23H25N3O3/c1-16(27)24-20-7-9-21(10-8-20)25-23(28)15-26(2)14-17-4-5-19-13-22(29-3)11-6-18(19)12-17/h4-13H,14-15H2,1-3H3,(H,24,27)(H,25,28)/p+1. The molecule has 29 heavy (non-hydrogen) atoms. The molecule has 1 unspecified atom stereocenters. The van der Waals surface area contributed by atoms with Crippen molar-refractivity contribution in [2.24, 2.45) is 0 Å². The van der Waals surface area contributed by atoms with Crippen LogP contribution in [0.15, 0.2) is 60.7 Å². The van der Waals surface area contributed by atoms with Crippen LogP contribution in [0.25, 0.3) is 10.8 Å². The molecule has 0 fully saturated rings. The molecule has 0 bridgehead atoms. The summed E-state index contributed by atoms with van der Waals surface area (Å²) in [6.45, 7) is 2.56. The fourth-order valence-electron chi connectivity index (χ4n) is 3.24. The lowest BCUT2D eigenvalue weighted by Gasteiger charge is -2.15. The number of benzene rings is 3. The number of hydrogen-bond donors (Lipinski definition) is 3. The molecule has 150 valence electrons. The fourth-order valence-corrected chi connectivity index (χ4v) is 3.24. The number of fused-ring (bicyclic) bond motifs is 1. The Morgan fingerprint density at radius 1 is 0.897 bits per heavy atom. The van der Waals surface area contributed by atoms with Gasteiger partial charge in [0.1, 0.15) is 12.3 Å². The van der Waals surface area contributed by atoms with Crippen LogP contribution in [0.5, 0.6) is 5.75 Å². The van der Waals surface area contributed by atoms with E-state index in [1.165, 1.54) is 12.5 Å². The van der Waals surface area contributed by atoms with Crippen LogP contribution in [-0.4, -0.2) is 32.5 Å². The number of methoxy groups -OCH3 is 1. The topological polar surface area (TPSA) is 71.9 Å². The summed E-state index contributed by atoms with van der Waals surface area (Å²) in [5.74, 6) is 0.662. The molecule has 1 atom stereocenters. The molecule has 3 aromatic carbocycles. The van der Waals surface area contributed by atoms with Gasteiger partial charge >= 0.3 is 0 Å². The highest BCUT2D eigenvalue weighted by Gasteiger charge is 2.11. The van der Waals surface area contributed by atoms with E-state index in [4.69, 9.17) is 4.74 Å². The molecule has 3 rings (SSSR count). The molecule has 0 heterocycles. The van der Waals surface area contributed by atoms with Crippen LogP contribution < -0.4 is 20.3 Å². The Morgan fingerprint density at radius 3 is 2.17 bits per heavy atom. The van der Waals surface area contributed by atoms with Crippen molar-refractivity contribution < 1.29 is 19.2 Å². The third-order valence-electron chi connectivity index (χ3n) is 4.57. The second kappa shape index (κ2) is 9.21. The predicted molar refractivity (Wildman–Crippen MR) is 115 cm³/mol. The molecule has 0 radical (unpaired) electrons. The van der Waals surface area contributed by atoms with Crippen LogP contribution in [0.3, 0.4) is 0 Å². The molecule has 0 spiro atoms. The Bertz CT molecular complexity index is 1020. The average Bonchev–Trinajstić information content (AvgIpc) is 2.68. The highest BCUT2D eigenvalue weighted by molar-refractivity contribution is 5.92. The summed E-state index contributed by atoms with van der Waals surface area (Å²) in [5, 5.41) is 7.88. The van der Waals surface area contributed by atoms with Gasteiger partial charge in [-0.2, -0.15) is 0 Å². The molecule has 3 N–H and O–H groups in total. The van der Waals surface area contributed by atoms with Gasteiger partial charge in [0.25, 0.3) is 5.91 Å². The molecule has 0 aromatic heterocycles. The van der Waals surface area contributed by atoms with Crippen molar-refractivity contribution in [2.75, 3.05) is 31.3 Å². The zero-order chi connectivity index (χ0) is 20.8. The average molecular weight is 392 g/mol. The largest absolute Gasteiger partial charge is 0.497 e. The van der Waals surface area contributed by atoms with Crippen LogP contribution in [0.1, 0.15) is 12.5 Å². The molecule has 0 aliphatic carbocycles. The van der Waals surface area contributed by atoms with Gasteiger partial charge in [-0.15, -0.1) is 0 Å². The predicted octanol–water partition coefficient (Wildman–Crippen LogP) is 2.46. The van der Waals surface area contributed by atoms with Crippen molar-refractivity contribution in [1.29, 1.82) is 0 Å². The lowest BCUT2D eigenvalue weighted by Crippen LogP contribution is -3.08. The Morgan fingerprint density at radius 2 is 1.52 bits per heavy atom. The van der Waals surface area contributed by atoms with E-state index in [1.54, 1.807) is 31.4 Å². The molecule has 6 nitrogen and oxygen atoms in total. The molecule has 0 saturated heterocycles. The number of amides is 2. The number of rotatable bonds is 7. The number of ether oxygens (including phenoxy) is 1. The number of anilines is 2. The van der Waals surface area contributed by atoms with Gasteiger partial charge in [0.05, 0.1) is 14.2 Å². The fraction of sp³-hybridized carbons (Fsp3) is 0.217. The van der Waals surface area contributed by atoms with Gasteiger partial charge in [-0.3, -0.25) is 9.59 Å². The normalized spacial score (nSPS) is 11.7. The molecular weight excluding hydrogens is 366 g/mol. The maximum absolute atomic E-state index is 12.3. The van der Waals surface area contributed by atoms with Gasteiger partial charge in [-0.1, -0.05) is 18.2 Å². The van der Waals surface area contributed by atoms with E-state index in [-0.39, 0.29) is 11.8 Å². The van der Waals surface area contributed by atoms with E-state index in [0.29, 0.717) is 17.9 Å². The molecule has 0 aliphatic rings. The lowest BCUT2D eigenvalue weighted by molar-refractivity contribution is -0.885. The summed E-state index contributed by atoms with van der Waals surface area (Å²) in [7, 11) is 3.66. The van der Waals surface area contributed by atoms with E-state index < -0.39 is 0 Å². The summed E-state index contributed by atoms with van der Waals surface area (Å²) in [6.07, 6.45) is 0. The minimum absolute atomic E-state index is 0.0553. The van der Waals surface area contributed by atoms with Gasteiger partial charge < -0.3 is 20.3 Å². The monoisotopic (exact) mass is 392 g/mol. The van der Waals surface area contributed by atoms with Crippen LogP contribution in [0.4, 0.5) is 11.4 Å². The van der Waals surface area contributed by atoms with Crippen molar-refractivity contribution in [3.63, 3.8) is 0 Å². The third-order valence-corrected chi connectivity index (χ3v) is 4.57. The van der Waals surface area contributed by atoms with Crippen molar-refractivity contribution in [3.8, 4) is 5.75 Å². The zero-order valence-electron chi connectivity index (χ0n) is 16.9. The number of nitrogens with one attached hydrogen (secondary N) is 3. The summed E-state index contributed by atoms with van der Waals surface area (Å²) < 4.78 is 5.27. The summed E-state index contributed by atoms with van der Waals surface area (Å²) in [6, 6.07) is 19.4. The molecule has 2 amide bonds. The van der Waals surface area contributed by atoms with Crippen molar-refractivity contribution in [2.45, 2.75) is 13.5 Å². The maximum atomic E-state index is 12.3. The van der Waals surface area contributed by atoms with Crippen molar-refractivity contribution in [3.05, 3.63) is 66.2 Å². The molecule has 3 aromatic rings. The van der Waals surface area contributed by atoms with E-state index in [9.17, 15) is 9.59 Å². The van der Waals surface area contributed by atoms with Crippen molar-refractivity contribution in [1.82, 2.24) is 0 Å². The van der Waals surface area contributed by atoms with E-state index in [0.717, 1.165) is 28.0 Å². The Balaban J connectivity index is 1.55. The minimum atomic E-state index is -0.125. The first-order valence-corrected chi connectivity index (χ1v) is 9.48. The quantitative estimate of drug-likeness (QED) is 0.578. The van der Waals surface area contributed by atoms with E-state index in [1.807, 2.05) is 25.2 Å². The van der Waals surface area contributed by atoms with Crippen LogP contribution in [0.2, 0.25) is 0 Å². The number of carbonyl (C=O) groups is 2. The van der Waals surface area contributed by atoms with Crippen LogP contribution >= 0.6 is 0 Å². The summed E-state index contributed by atoms with van der Waals surface area (Å²) >= 11 is 0. The number of carbonyl (C=O) groups excluding carboxylic acids is 2. The smallest absolute Gasteiger partial charge is 0.279 e. The number of hydrogen-bond acceptors (Lipinski definition) is 3. The van der Waals surface area contributed by atoms with Gasteiger partial charge in [0.2, 0.25) is 5.91 Å². The SMILES string of the molecule is COc1ccc2cc(C[NH+](C)CC(=O)Nc3ccc(NC(C)=O)cc3)ccc2c1. The second-order valence-corrected chi connectivity index (χ2v) is 7.16. The Labute approximate surface area is 170 Å². The summed E-state index contributed by atoms with van der Waals surface area (Å²) in [5.41, 5.74) is 2.58. The van der Waals surface area contributed by atoms with Crippen molar-refractivity contribution >= 4 is 34.0 Å². The lowest BCUT2D eigenvalue weighted by atomic mass is 10.1. The van der Waals surface area contributed by atoms with Crippen LogP contribution in [-0.2, 0) is 16.1 Å². The number of likely N-dealkylation sites (N-methyl/N-ethyl adjacent to an activating group) is 1. The Kier molecular flexibility index (Phi) is 6.46. The zero-order valence-corrected chi connectivity index (χ0v) is 16.9. The van der Waals surface area contributed by atoms with Gasteiger partial charge in [-0.25, -0.2) is 0 Å². The third kappa shape index (κ3) is 5.80. The maximum Gasteiger partial charge on any atom is 0.279 e. The van der Waals surface area contributed by atoms with E-state index in [2.05, 4.69) is 28.8 Å². The highest BCUT2D eigenvalue weighted by Crippen LogP contribution is 2.21. The molecule has 0 saturated carbocycles.